The second-order valence-corrected chi connectivity index (χ2v) is 5.94. The van der Waals surface area contributed by atoms with Crippen molar-refractivity contribution in [2.75, 3.05) is 35.0 Å². The number of carbonyl (C=O) groups is 1. The first-order chi connectivity index (χ1) is 12.6. The maximum absolute atomic E-state index is 12.4. The second-order valence-electron chi connectivity index (χ2n) is 5.94. The second kappa shape index (κ2) is 7.56. The van der Waals surface area contributed by atoms with E-state index in [-0.39, 0.29) is 11.9 Å². The number of carbonyl (C=O) groups excluding carboxylic acids is 1. The van der Waals surface area contributed by atoms with Gasteiger partial charge in [-0.2, -0.15) is 0 Å². The van der Waals surface area contributed by atoms with E-state index in [1.165, 1.54) is 0 Å². The molecule has 1 aliphatic heterocycles. The van der Waals surface area contributed by atoms with Crippen LogP contribution in [0.25, 0.3) is 0 Å². The predicted molar refractivity (Wildman–Crippen MR) is 95.5 cm³/mol. The Kier molecular flexibility index (Phi) is 5.21. The minimum absolute atomic E-state index is 0.125. The van der Waals surface area contributed by atoms with Gasteiger partial charge in [0.15, 0.2) is 23.0 Å². The van der Waals surface area contributed by atoms with Gasteiger partial charge in [-0.15, -0.1) is 0 Å². The fourth-order valence-corrected chi connectivity index (χ4v) is 3.31. The zero-order valence-electron chi connectivity index (χ0n) is 15.3. The average Bonchev–Trinajstić information content (AvgIpc) is 3.08. The number of benzene rings is 2. The summed E-state index contributed by atoms with van der Waals surface area (Å²) >= 11 is 0. The summed E-state index contributed by atoms with van der Waals surface area (Å²) in [6.45, 7) is 0.313. The Morgan fingerprint density at radius 1 is 0.769 bits per heavy atom. The summed E-state index contributed by atoms with van der Waals surface area (Å²) in [7, 11) is 6.32. The van der Waals surface area contributed by atoms with E-state index in [9.17, 15) is 4.79 Å². The van der Waals surface area contributed by atoms with E-state index in [0.29, 0.717) is 29.6 Å². The Bertz CT molecular complexity index is 801. The molecule has 2 atom stereocenters. The first kappa shape index (κ1) is 17.9. The Balaban J connectivity index is 2.00. The summed E-state index contributed by atoms with van der Waals surface area (Å²) in [6.07, 6.45) is 0. The van der Waals surface area contributed by atoms with Crippen LogP contribution < -0.4 is 18.9 Å². The molecule has 0 spiro atoms. The van der Waals surface area contributed by atoms with E-state index in [2.05, 4.69) is 0 Å². The average molecular weight is 358 g/mol. The molecular formula is C20H22O6. The van der Waals surface area contributed by atoms with Crippen LogP contribution >= 0.6 is 0 Å². The Labute approximate surface area is 152 Å². The zero-order chi connectivity index (χ0) is 18.7. The molecule has 1 aliphatic rings. The maximum atomic E-state index is 12.4. The standard InChI is InChI=1S/C20H22O6/c1-22-15-7-5-12(9-17(15)24-3)14-11-26-20(21)19(14)13-6-8-16(23-2)18(10-13)25-4/h5-10,14,19H,11H2,1-4H3/t14-,19-/m0/s1. The van der Waals surface area contributed by atoms with Crippen molar-refractivity contribution in [3.63, 3.8) is 0 Å². The molecule has 0 amide bonds. The fraction of sp³-hybridized carbons (Fsp3) is 0.350. The molecule has 0 saturated carbocycles. The summed E-state index contributed by atoms with van der Waals surface area (Å²) in [6, 6.07) is 11.1. The lowest BCUT2D eigenvalue weighted by molar-refractivity contribution is -0.139. The van der Waals surface area contributed by atoms with Crippen LogP contribution in [0, 0.1) is 0 Å². The summed E-state index contributed by atoms with van der Waals surface area (Å²) in [4.78, 5) is 12.4. The summed E-state index contributed by atoms with van der Waals surface area (Å²) < 4.78 is 26.7. The van der Waals surface area contributed by atoms with Gasteiger partial charge < -0.3 is 23.7 Å². The summed E-state index contributed by atoms with van der Waals surface area (Å²) in [5, 5.41) is 0. The predicted octanol–water partition coefficient (Wildman–Crippen LogP) is 3.15. The number of ether oxygens (including phenoxy) is 5. The Hall–Kier alpha value is -2.89. The van der Waals surface area contributed by atoms with Gasteiger partial charge >= 0.3 is 5.97 Å². The normalized spacial score (nSPS) is 19.0. The molecule has 0 aliphatic carbocycles. The van der Waals surface area contributed by atoms with E-state index in [1.807, 2.05) is 30.3 Å². The smallest absolute Gasteiger partial charge is 0.314 e. The van der Waals surface area contributed by atoms with Crippen LogP contribution in [0.3, 0.4) is 0 Å². The lowest BCUT2D eigenvalue weighted by Crippen LogP contribution is -2.13. The summed E-state index contributed by atoms with van der Waals surface area (Å²) in [5.74, 6) is 1.66. The first-order valence-electron chi connectivity index (χ1n) is 8.23. The molecule has 138 valence electrons. The third-order valence-corrected chi connectivity index (χ3v) is 4.66. The van der Waals surface area contributed by atoms with E-state index < -0.39 is 5.92 Å². The monoisotopic (exact) mass is 358 g/mol. The van der Waals surface area contributed by atoms with Crippen LogP contribution in [-0.2, 0) is 9.53 Å². The number of methoxy groups -OCH3 is 4. The molecule has 2 aromatic rings. The highest BCUT2D eigenvalue weighted by Crippen LogP contribution is 2.43. The molecule has 0 bridgehead atoms. The SMILES string of the molecule is COc1ccc([C@@H]2COC(=O)[C@H]2c2ccc(OC)c(OC)c2)cc1OC. The molecule has 0 N–H and O–H groups in total. The number of rotatable bonds is 6. The minimum atomic E-state index is -0.423. The van der Waals surface area contributed by atoms with Gasteiger partial charge in [-0.25, -0.2) is 0 Å². The van der Waals surface area contributed by atoms with Crippen molar-refractivity contribution < 1.29 is 28.5 Å². The number of hydrogen-bond acceptors (Lipinski definition) is 6. The molecule has 0 aromatic heterocycles. The molecule has 1 fully saturated rings. The lowest BCUT2D eigenvalue weighted by Gasteiger charge is -2.19. The van der Waals surface area contributed by atoms with Gasteiger partial charge in [0.05, 0.1) is 41.0 Å². The van der Waals surface area contributed by atoms with Crippen molar-refractivity contribution >= 4 is 5.97 Å². The Morgan fingerprint density at radius 2 is 1.27 bits per heavy atom. The third-order valence-electron chi connectivity index (χ3n) is 4.66. The molecular weight excluding hydrogens is 336 g/mol. The topological polar surface area (TPSA) is 63.2 Å². The first-order valence-corrected chi connectivity index (χ1v) is 8.23. The van der Waals surface area contributed by atoms with E-state index in [0.717, 1.165) is 11.1 Å². The van der Waals surface area contributed by atoms with Crippen molar-refractivity contribution in [1.29, 1.82) is 0 Å². The third kappa shape index (κ3) is 3.14. The molecule has 6 heteroatoms. The molecule has 2 aromatic carbocycles. The van der Waals surface area contributed by atoms with Crippen LogP contribution in [-0.4, -0.2) is 41.0 Å². The lowest BCUT2D eigenvalue weighted by atomic mass is 9.83. The van der Waals surface area contributed by atoms with Crippen molar-refractivity contribution in [3.05, 3.63) is 47.5 Å². The van der Waals surface area contributed by atoms with Crippen molar-refractivity contribution in [2.45, 2.75) is 11.8 Å². The highest BCUT2D eigenvalue weighted by atomic mass is 16.5. The van der Waals surface area contributed by atoms with E-state index in [1.54, 1.807) is 34.5 Å². The number of esters is 1. The molecule has 1 heterocycles. The van der Waals surface area contributed by atoms with Crippen LogP contribution in [0.1, 0.15) is 23.0 Å². The van der Waals surface area contributed by atoms with Crippen LogP contribution in [0.4, 0.5) is 0 Å². The molecule has 0 unspecified atom stereocenters. The van der Waals surface area contributed by atoms with Crippen LogP contribution in [0.15, 0.2) is 36.4 Å². The fourth-order valence-electron chi connectivity index (χ4n) is 3.31. The molecule has 6 nitrogen and oxygen atoms in total. The number of cyclic esters (lactones) is 1. The van der Waals surface area contributed by atoms with Crippen molar-refractivity contribution in [3.8, 4) is 23.0 Å². The molecule has 1 saturated heterocycles. The zero-order valence-corrected chi connectivity index (χ0v) is 15.3. The van der Waals surface area contributed by atoms with Gasteiger partial charge in [-0.1, -0.05) is 12.1 Å². The minimum Gasteiger partial charge on any atom is -0.493 e. The highest BCUT2D eigenvalue weighted by molar-refractivity contribution is 5.82. The largest absolute Gasteiger partial charge is 0.493 e. The van der Waals surface area contributed by atoms with Crippen LogP contribution in [0.2, 0.25) is 0 Å². The maximum Gasteiger partial charge on any atom is 0.314 e. The van der Waals surface area contributed by atoms with Gasteiger partial charge in [0.25, 0.3) is 0 Å². The molecule has 0 radical (unpaired) electrons. The molecule has 3 rings (SSSR count). The van der Waals surface area contributed by atoms with Gasteiger partial charge in [-0.05, 0) is 35.4 Å². The highest BCUT2D eigenvalue weighted by Gasteiger charge is 2.39. The number of hydrogen-bond donors (Lipinski definition) is 0. The van der Waals surface area contributed by atoms with Gasteiger partial charge in [-0.3, -0.25) is 4.79 Å². The van der Waals surface area contributed by atoms with Gasteiger partial charge in [0.2, 0.25) is 0 Å². The van der Waals surface area contributed by atoms with E-state index >= 15 is 0 Å². The van der Waals surface area contributed by atoms with Crippen molar-refractivity contribution in [2.24, 2.45) is 0 Å². The Morgan fingerprint density at radius 3 is 1.81 bits per heavy atom. The van der Waals surface area contributed by atoms with Gasteiger partial charge in [0.1, 0.15) is 0 Å². The quantitative estimate of drug-likeness (QED) is 0.739. The summed E-state index contributed by atoms with van der Waals surface area (Å²) in [5.41, 5.74) is 1.78. The molecule has 26 heavy (non-hydrogen) atoms. The van der Waals surface area contributed by atoms with Crippen molar-refractivity contribution in [1.82, 2.24) is 0 Å². The van der Waals surface area contributed by atoms with E-state index in [4.69, 9.17) is 23.7 Å². The van der Waals surface area contributed by atoms with Gasteiger partial charge in [0, 0.05) is 5.92 Å². The van der Waals surface area contributed by atoms with Crippen LogP contribution in [0.5, 0.6) is 23.0 Å².